The Kier molecular flexibility index (Phi) is 6.81. The Labute approximate surface area is 160 Å². The van der Waals surface area contributed by atoms with E-state index in [2.05, 4.69) is 5.32 Å². The van der Waals surface area contributed by atoms with Gasteiger partial charge in [0.15, 0.2) is 0 Å². The number of carbonyl (C=O) groups is 2. The molecular formula is C21H25ClN2O2. The second-order valence-electron chi connectivity index (χ2n) is 6.39. The Morgan fingerprint density at radius 1 is 1.15 bits per heavy atom. The Hall–Kier alpha value is -2.33. The quantitative estimate of drug-likeness (QED) is 0.783. The molecular weight excluding hydrogens is 348 g/mol. The van der Waals surface area contributed by atoms with Crippen molar-refractivity contribution in [3.8, 4) is 0 Å². The average molecular weight is 373 g/mol. The molecule has 4 nitrogen and oxygen atoms in total. The molecule has 26 heavy (non-hydrogen) atoms. The standard InChI is InChI=1S/C21H25ClN2O2/c1-5-17-8-6-7-9-19(17)24(16(4)25)11-10-20(26)23-21-15(3)12-14(2)13-18(21)22/h6-9,12-13H,5,10-11H2,1-4H3,(H,23,26). The van der Waals surface area contributed by atoms with Crippen LogP contribution in [0.15, 0.2) is 36.4 Å². The smallest absolute Gasteiger partial charge is 0.226 e. The highest BCUT2D eigenvalue weighted by Gasteiger charge is 2.17. The van der Waals surface area contributed by atoms with Gasteiger partial charge in [-0.05, 0) is 49.1 Å². The maximum atomic E-state index is 12.4. The van der Waals surface area contributed by atoms with E-state index in [1.807, 2.05) is 57.2 Å². The molecule has 0 spiro atoms. The molecule has 0 fully saturated rings. The van der Waals surface area contributed by atoms with Crippen molar-refractivity contribution in [2.45, 2.75) is 40.5 Å². The lowest BCUT2D eigenvalue weighted by atomic mass is 10.1. The first-order valence-corrected chi connectivity index (χ1v) is 9.13. The molecule has 0 aliphatic rings. The Balaban J connectivity index is 2.10. The van der Waals surface area contributed by atoms with Crippen molar-refractivity contribution in [3.63, 3.8) is 0 Å². The fourth-order valence-electron chi connectivity index (χ4n) is 3.01. The summed E-state index contributed by atoms with van der Waals surface area (Å²) in [5.41, 5.74) is 4.54. The van der Waals surface area contributed by atoms with Gasteiger partial charge >= 0.3 is 0 Å². The molecule has 0 bridgehead atoms. The maximum absolute atomic E-state index is 12.4. The number of rotatable bonds is 6. The summed E-state index contributed by atoms with van der Waals surface area (Å²) in [5, 5.41) is 3.39. The molecule has 0 aliphatic heterocycles. The van der Waals surface area contributed by atoms with Crippen LogP contribution in [-0.4, -0.2) is 18.4 Å². The number of halogens is 1. The van der Waals surface area contributed by atoms with Gasteiger partial charge in [0.1, 0.15) is 0 Å². The Morgan fingerprint density at radius 2 is 1.85 bits per heavy atom. The number of hydrogen-bond donors (Lipinski definition) is 1. The minimum Gasteiger partial charge on any atom is -0.324 e. The molecule has 2 aromatic carbocycles. The van der Waals surface area contributed by atoms with Gasteiger partial charge < -0.3 is 10.2 Å². The number of hydrogen-bond acceptors (Lipinski definition) is 2. The van der Waals surface area contributed by atoms with Gasteiger partial charge in [0.2, 0.25) is 11.8 Å². The highest BCUT2D eigenvalue weighted by Crippen LogP contribution is 2.27. The predicted octanol–water partition coefficient (Wildman–Crippen LogP) is 4.90. The summed E-state index contributed by atoms with van der Waals surface area (Å²) in [6, 6.07) is 11.6. The SMILES string of the molecule is CCc1ccccc1N(CCC(=O)Nc1c(C)cc(C)cc1Cl)C(C)=O. The summed E-state index contributed by atoms with van der Waals surface area (Å²) >= 11 is 6.25. The van der Waals surface area contributed by atoms with Crippen LogP contribution in [0.3, 0.4) is 0 Å². The number of amides is 2. The van der Waals surface area contributed by atoms with Gasteiger partial charge in [-0.15, -0.1) is 0 Å². The van der Waals surface area contributed by atoms with E-state index in [0.29, 0.717) is 17.3 Å². The van der Waals surface area contributed by atoms with E-state index in [1.165, 1.54) is 6.92 Å². The molecule has 0 aliphatic carbocycles. The summed E-state index contributed by atoms with van der Waals surface area (Å²) in [7, 11) is 0. The molecule has 2 aromatic rings. The van der Waals surface area contributed by atoms with Crippen LogP contribution in [0.5, 0.6) is 0 Å². The van der Waals surface area contributed by atoms with Gasteiger partial charge in [-0.3, -0.25) is 9.59 Å². The third-order valence-corrected chi connectivity index (χ3v) is 4.60. The number of benzene rings is 2. The van der Waals surface area contributed by atoms with Crippen LogP contribution in [0, 0.1) is 13.8 Å². The Morgan fingerprint density at radius 3 is 2.46 bits per heavy atom. The molecule has 2 amide bonds. The normalized spacial score (nSPS) is 10.5. The second-order valence-corrected chi connectivity index (χ2v) is 6.80. The summed E-state index contributed by atoms with van der Waals surface area (Å²) in [5.74, 6) is -0.248. The number of anilines is 2. The van der Waals surface area contributed by atoms with Gasteiger partial charge in [0.05, 0.1) is 10.7 Å². The minimum absolute atomic E-state index is 0.0803. The highest BCUT2D eigenvalue weighted by molar-refractivity contribution is 6.34. The van der Waals surface area contributed by atoms with E-state index in [9.17, 15) is 9.59 Å². The van der Waals surface area contributed by atoms with E-state index in [-0.39, 0.29) is 18.2 Å². The van der Waals surface area contributed by atoms with E-state index >= 15 is 0 Å². The van der Waals surface area contributed by atoms with Crippen molar-refractivity contribution in [3.05, 3.63) is 58.1 Å². The van der Waals surface area contributed by atoms with E-state index in [1.54, 1.807) is 4.90 Å². The van der Waals surface area contributed by atoms with Crippen LogP contribution in [0.4, 0.5) is 11.4 Å². The van der Waals surface area contributed by atoms with Crippen molar-refractivity contribution < 1.29 is 9.59 Å². The largest absolute Gasteiger partial charge is 0.324 e. The first-order chi connectivity index (χ1) is 12.3. The van der Waals surface area contributed by atoms with Crippen LogP contribution in [0.1, 0.15) is 37.0 Å². The van der Waals surface area contributed by atoms with E-state index < -0.39 is 0 Å². The Bertz CT molecular complexity index is 794. The van der Waals surface area contributed by atoms with Crippen LogP contribution in [0.2, 0.25) is 5.02 Å². The molecule has 2 rings (SSSR count). The van der Waals surface area contributed by atoms with Gasteiger partial charge in [0.25, 0.3) is 0 Å². The molecule has 1 N–H and O–H groups in total. The van der Waals surface area contributed by atoms with Gasteiger partial charge in [-0.25, -0.2) is 0 Å². The number of aryl methyl sites for hydroxylation is 3. The second kappa shape index (κ2) is 8.86. The minimum atomic E-state index is -0.168. The molecule has 0 saturated carbocycles. The molecule has 0 unspecified atom stereocenters. The molecule has 138 valence electrons. The zero-order chi connectivity index (χ0) is 19.3. The number of nitrogens with zero attached hydrogens (tertiary/aromatic N) is 1. The molecule has 0 heterocycles. The monoisotopic (exact) mass is 372 g/mol. The van der Waals surface area contributed by atoms with Crippen molar-refractivity contribution in [1.29, 1.82) is 0 Å². The highest BCUT2D eigenvalue weighted by atomic mass is 35.5. The molecule has 5 heteroatoms. The third-order valence-electron chi connectivity index (χ3n) is 4.30. The van der Waals surface area contributed by atoms with Crippen molar-refractivity contribution in [1.82, 2.24) is 0 Å². The van der Waals surface area contributed by atoms with E-state index in [4.69, 9.17) is 11.6 Å². The number of carbonyl (C=O) groups excluding carboxylic acids is 2. The fourth-order valence-corrected chi connectivity index (χ4v) is 3.38. The molecule has 0 atom stereocenters. The van der Waals surface area contributed by atoms with Gasteiger partial charge in [-0.1, -0.05) is 42.8 Å². The van der Waals surface area contributed by atoms with Crippen LogP contribution < -0.4 is 10.2 Å². The van der Waals surface area contributed by atoms with Crippen LogP contribution in [-0.2, 0) is 16.0 Å². The van der Waals surface area contributed by atoms with Gasteiger partial charge in [0, 0.05) is 25.6 Å². The summed E-state index contributed by atoms with van der Waals surface area (Å²) in [4.78, 5) is 26.2. The van der Waals surface area contributed by atoms with Crippen molar-refractivity contribution in [2.24, 2.45) is 0 Å². The first-order valence-electron chi connectivity index (χ1n) is 8.76. The fraction of sp³-hybridized carbons (Fsp3) is 0.333. The molecule has 0 aromatic heterocycles. The molecule has 0 saturated heterocycles. The first kappa shape index (κ1) is 20.0. The predicted molar refractivity (Wildman–Crippen MR) is 108 cm³/mol. The molecule has 0 radical (unpaired) electrons. The summed E-state index contributed by atoms with van der Waals surface area (Å²) in [6.45, 7) is 7.76. The number of nitrogens with one attached hydrogen (secondary N) is 1. The third kappa shape index (κ3) is 4.85. The lowest BCUT2D eigenvalue weighted by Crippen LogP contribution is -2.32. The van der Waals surface area contributed by atoms with Crippen molar-refractivity contribution in [2.75, 3.05) is 16.8 Å². The lowest BCUT2D eigenvalue weighted by molar-refractivity contribution is -0.117. The zero-order valence-corrected chi connectivity index (χ0v) is 16.5. The van der Waals surface area contributed by atoms with Crippen molar-refractivity contribution >= 4 is 34.8 Å². The van der Waals surface area contributed by atoms with Gasteiger partial charge in [-0.2, -0.15) is 0 Å². The lowest BCUT2D eigenvalue weighted by Gasteiger charge is -2.23. The van der Waals surface area contributed by atoms with Crippen LogP contribution >= 0.6 is 11.6 Å². The summed E-state index contributed by atoms with van der Waals surface area (Å²) in [6.07, 6.45) is 1.02. The zero-order valence-electron chi connectivity index (χ0n) is 15.7. The average Bonchev–Trinajstić information content (AvgIpc) is 2.58. The summed E-state index contributed by atoms with van der Waals surface area (Å²) < 4.78 is 0. The number of para-hydroxylation sites is 1. The van der Waals surface area contributed by atoms with Crippen LogP contribution in [0.25, 0.3) is 0 Å². The topological polar surface area (TPSA) is 49.4 Å². The maximum Gasteiger partial charge on any atom is 0.226 e. The van der Waals surface area contributed by atoms with E-state index in [0.717, 1.165) is 28.8 Å².